The molecule has 136 valence electrons. The first-order valence-electron chi connectivity index (χ1n) is 7.05. The summed E-state index contributed by atoms with van der Waals surface area (Å²) in [6, 6.07) is 8.17. The summed E-state index contributed by atoms with van der Waals surface area (Å²) in [4.78, 5) is -0.249. The van der Waals surface area contributed by atoms with E-state index in [0.717, 1.165) is 24.3 Å². The monoisotopic (exact) mass is 375 g/mol. The number of hydrogen-bond acceptors (Lipinski definition) is 4. The Labute approximate surface area is 143 Å². The molecule has 0 saturated heterocycles. The van der Waals surface area contributed by atoms with Crippen molar-refractivity contribution >= 4 is 10.0 Å². The van der Waals surface area contributed by atoms with Crippen molar-refractivity contribution in [2.24, 2.45) is 0 Å². The van der Waals surface area contributed by atoms with Gasteiger partial charge in [0.25, 0.3) is 0 Å². The van der Waals surface area contributed by atoms with E-state index in [1.807, 2.05) is 0 Å². The largest absolute Gasteiger partial charge is 0.493 e. The van der Waals surface area contributed by atoms with Crippen LogP contribution in [0.1, 0.15) is 11.1 Å². The zero-order valence-corrected chi connectivity index (χ0v) is 14.2. The Morgan fingerprint density at radius 1 is 0.960 bits per heavy atom. The second kappa shape index (κ2) is 7.32. The molecule has 0 heterocycles. The van der Waals surface area contributed by atoms with Gasteiger partial charge in [-0.1, -0.05) is 6.07 Å². The molecule has 0 saturated carbocycles. The van der Waals surface area contributed by atoms with Crippen LogP contribution in [0.4, 0.5) is 13.2 Å². The Bertz CT molecular complexity index is 833. The normalized spacial score (nSPS) is 12.0. The average molecular weight is 375 g/mol. The molecule has 0 aliphatic rings. The standard InChI is InChI=1S/C16H16F3NO4S/c1-23-14-8-3-11(9-15(14)24-2)10-20-25(21,22)13-6-4-12(5-7-13)16(17,18)19/h3-9,20H,10H2,1-2H3. The van der Waals surface area contributed by atoms with Gasteiger partial charge in [-0.25, -0.2) is 13.1 Å². The molecule has 0 fully saturated rings. The fourth-order valence-corrected chi connectivity index (χ4v) is 3.09. The van der Waals surface area contributed by atoms with Crippen LogP contribution in [0, 0.1) is 0 Å². The molecule has 2 rings (SSSR count). The number of halogens is 3. The van der Waals surface area contributed by atoms with Crippen molar-refractivity contribution in [3.8, 4) is 11.5 Å². The van der Waals surface area contributed by atoms with Gasteiger partial charge in [0.2, 0.25) is 10.0 Å². The molecule has 0 amide bonds. The highest BCUT2D eigenvalue weighted by molar-refractivity contribution is 7.89. The molecule has 0 aliphatic carbocycles. The summed E-state index contributed by atoms with van der Waals surface area (Å²) < 4.78 is 74.5. The highest BCUT2D eigenvalue weighted by Crippen LogP contribution is 2.30. The van der Waals surface area contributed by atoms with Gasteiger partial charge in [-0.2, -0.15) is 13.2 Å². The van der Waals surface area contributed by atoms with E-state index in [1.165, 1.54) is 14.2 Å². The molecular weight excluding hydrogens is 359 g/mol. The predicted molar refractivity (Wildman–Crippen MR) is 85.0 cm³/mol. The highest BCUT2D eigenvalue weighted by atomic mass is 32.2. The summed E-state index contributed by atoms with van der Waals surface area (Å²) in [5.41, 5.74) is -0.306. The van der Waals surface area contributed by atoms with Crippen LogP contribution in [0.3, 0.4) is 0 Å². The van der Waals surface area contributed by atoms with Crippen molar-refractivity contribution in [1.29, 1.82) is 0 Å². The van der Waals surface area contributed by atoms with Crippen LogP contribution in [0.25, 0.3) is 0 Å². The van der Waals surface area contributed by atoms with Gasteiger partial charge in [0, 0.05) is 6.54 Å². The first-order valence-corrected chi connectivity index (χ1v) is 8.53. The summed E-state index contributed by atoms with van der Waals surface area (Å²) in [7, 11) is -1.02. The Morgan fingerprint density at radius 2 is 1.56 bits per heavy atom. The highest BCUT2D eigenvalue weighted by Gasteiger charge is 2.30. The molecule has 0 aliphatic heterocycles. The van der Waals surface area contributed by atoms with Crippen LogP contribution in [-0.4, -0.2) is 22.6 Å². The van der Waals surface area contributed by atoms with E-state index in [1.54, 1.807) is 18.2 Å². The van der Waals surface area contributed by atoms with Crippen molar-refractivity contribution < 1.29 is 31.1 Å². The second-order valence-electron chi connectivity index (χ2n) is 5.04. The van der Waals surface area contributed by atoms with Gasteiger partial charge in [0.15, 0.2) is 11.5 Å². The molecule has 0 radical (unpaired) electrons. The van der Waals surface area contributed by atoms with Gasteiger partial charge in [-0.3, -0.25) is 0 Å². The van der Waals surface area contributed by atoms with Crippen molar-refractivity contribution in [2.45, 2.75) is 17.6 Å². The molecule has 0 bridgehead atoms. The Hall–Kier alpha value is -2.26. The molecular formula is C16H16F3NO4S. The number of sulfonamides is 1. The number of nitrogens with one attached hydrogen (secondary N) is 1. The molecule has 2 aromatic carbocycles. The molecule has 0 atom stereocenters. The minimum absolute atomic E-state index is 0.0519. The molecule has 1 N–H and O–H groups in total. The van der Waals surface area contributed by atoms with E-state index >= 15 is 0 Å². The maximum Gasteiger partial charge on any atom is 0.416 e. The third kappa shape index (κ3) is 4.64. The second-order valence-corrected chi connectivity index (χ2v) is 6.80. The van der Waals surface area contributed by atoms with Crippen LogP contribution < -0.4 is 14.2 Å². The zero-order chi connectivity index (χ0) is 18.7. The van der Waals surface area contributed by atoms with Crippen LogP contribution >= 0.6 is 0 Å². The first kappa shape index (κ1) is 19.1. The van der Waals surface area contributed by atoms with E-state index < -0.39 is 21.8 Å². The lowest BCUT2D eigenvalue weighted by molar-refractivity contribution is -0.137. The Morgan fingerprint density at radius 3 is 2.08 bits per heavy atom. The summed E-state index contributed by atoms with van der Waals surface area (Å²) in [6.45, 7) is -0.0519. The number of rotatable bonds is 6. The van der Waals surface area contributed by atoms with E-state index in [-0.39, 0.29) is 11.4 Å². The predicted octanol–water partition coefficient (Wildman–Crippen LogP) is 3.20. The minimum atomic E-state index is -4.52. The summed E-state index contributed by atoms with van der Waals surface area (Å²) in [5.74, 6) is 0.936. The van der Waals surface area contributed by atoms with Crippen molar-refractivity contribution in [3.63, 3.8) is 0 Å². The third-order valence-electron chi connectivity index (χ3n) is 3.41. The van der Waals surface area contributed by atoms with E-state index in [9.17, 15) is 21.6 Å². The Kier molecular flexibility index (Phi) is 5.58. The number of alkyl halides is 3. The van der Waals surface area contributed by atoms with Gasteiger partial charge in [-0.05, 0) is 42.0 Å². The van der Waals surface area contributed by atoms with Crippen LogP contribution in [0.15, 0.2) is 47.4 Å². The number of benzene rings is 2. The number of hydrogen-bond donors (Lipinski definition) is 1. The van der Waals surface area contributed by atoms with Crippen LogP contribution in [-0.2, 0) is 22.7 Å². The molecule has 0 unspecified atom stereocenters. The number of methoxy groups -OCH3 is 2. The summed E-state index contributed by atoms with van der Waals surface area (Å²) >= 11 is 0. The Balaban J connectivity index is 2.14. The van der Waals surface area contributed by atoms with Crippen molar-refractivity contribution in [2.75, 3.05) is 14.2 Å². The fraction of sp³-hybridized carbons (Fsp3) is 0.250. The lowest BCUT2D eigenvalue weighted by Gasteiger charge is -2.11. The molecule has 5 nitrogen and oxygen atoms in total. The van der Waals surface area contributed by atoms with E-state index in [2.05, 4.69) is 4.72 Å². The molecule has 9 heteroatoms. The van der Waals surface area contributed by atoms with E-state index in [4.69, 9.17) is 9.47 Å². The summed E-state index contributed by atoms with van der Waals surface area (Å²) in [5, 5.41) is 0. The van der Waals surface area contributed by atoms with Gasteiger partial charge < -0.3 is 9.47 Å². The van der Waals surface area contributed by atoms with Crippen molar-refractivity contribution in [3.05, 3.63) is 53.6 Å². The molecule has 2 aromatic rings. The third-order valence-corrected chi connectivity index (χ3v) is 4.82. The minimum Gasteiger partial charge on any atom is -0.493 e. The van der Waals surface area contributed by atoms with Gasteiger partial charge in [0.1, 0.15) is 0 Å². The zero-order valence-electron chi connectivity index (χ0n) is 13.4. The smallest absolute Gasteiger partial charge is 0.416 e. The maximum absolute atomic E-state index is 12.5. The van der Waals surface area contributed by atoms with Crippen molar-refractivity contribution in [1.82, 2.24) is 4.72 Å². The van der Waals surface area contributed by atoms with Crippen LogP contribution in [0.2, 0.25) is 0 Å². The van der Waals surface area contributed by atoms with Crippen LogP contribution in [0.5, 0.6) is 11.5 Å². The topological polar surface area (TPSA) is 64.6 Å². The average Bonchev–Trinajstić information content (AvgIpc) is 2.59. The van der Waals surface area contributed by atoms with E-state index in [0.29, 0.717) is 17.1 Å². The molecule has 25 heavy (non-hydrogen) atoms. The SMILES string of the molecule is COc1ccc(CNS(=O)(=O)c2ccc(C(F)(F)F)cc2)cc1OC. The van der Waals surface area contributed by atoms with Gasteiger partial charge in [-0.15, -0.1) is 0 Å². The quantitative estimate of drug-likeness (QED) is 0.842. The summed E-state index contributed by atoms with van der Waals surface area (Å²) in [6.07, 6.45) is -4.52. The fourth-order valence-electron chi connectivity index (χ4n) is 2.08. The lowest BCUT2D eigenvalue weighted by atomic mass is 10.2. The number of ether oxygens (including phenoxy) is 2. The maximum atomic E-state index is 12.5. The first-order chi connectivity index (χ1) is 11.7. The molecule has 0 spiro atoms. The van der Waals surface area contributed by atoms with Gasteiger partial charge in [0.05, 0.1) is 24.7 Å². The van der Waals surface area contributed by atoms with Gasteiger partial charge >= 0.3 is 6.18 Å². The molecule has 0 aromatic heterocycles. The lowest BCUT2D eigenvalue weighted by Crippen LogP contribution is -2.23.